The highest BCUT2D eigenvalue weighted by Gasteiger charge is 2.19. The molecule has 1 heterocycles. The summed E-state index contributed by atoms with van der Waals surface area (Å²) in [5, 5.41) is 6.25. The van der Waals surface area contributed by atoms with E-state index in [4.69, 9.17) is 32.7 Å². The van der Waals surface area contributed by atoms with Gasteiger partial charge in [-0.2, -0.15) is 0 Å². The van der Waals surface area contributed by atoms with Gasteiger partial charge in [-0.3, -0.25) is 9.59 Å². The topological polar surface area (TPSA) is 89.6 Å². The van der Waals surface area contributed by atoms with Crippen molar-refractivity contribution in [3.8, 4) is 17.4 Å². The number of amides is 2. The van der Waals surface area contributed by atoms with Crippen molar-refractivity contribution in [2.75, 3.05) is 12.4 Å². The molecule has 0 saturated carbocycles. The van der Waals surface area contributed by atoms with E-state index in [1.54, 1.807) is 55.6 Å². The van der Waals surface area contributed by atoms with Gasteiger partial charge in [-0.1, -0.05) is 47.5 Å². The number of para-hydroxylation sites is 2. The van der Waals surface area contributed by atoms with Gasteiger partial charge in [0.15, 0.2) is 5.75 Å². The number of nitrogens with zero attached hydrogens (tertiary/aromatic N) is 1. The number of hydrogen-bond donors (Lipinski definition) is 2. The van der Waals surface area contributed by atoms with E-state index in [2.05, 4.69) is 15.6 Å². The Hall–Kier alpha value is -3.29. The predicted molar refractivity (Wildman–Crippen MR) is 124 cm³/mol. The maximum absolute atomic E-state index is 12.8. The van der Waals surface area contributed by atoms with Crippen LogP contribution in [0.3, 0.4) is 0 Å². The Kier molecular flexibility index (Phi) is 7.92. The van der Waals surface area contributed by atoms with Gasteiger partial charge in [0.2, 0.25) is 17.7 Å². The van der Waals surface area contributed by atoms with E-state index in [1.807, 2.05) is 0 Å². The van der Waals surface area contributed by atoms with Gasteiger partial charge in [-0.05, 0) is 35.9 Å². The monoisotopic (exact) mass is 473 g/mol. The number of nitrogens with one attached hydrogen (secondary N) is 2. The number of carbonyl (C=O) groups is 2. The average molecular weight is 474 g/mol. The lowest BCUT2D eigenvalue weighted by atomic mass is 10.0. The fourth-order valence-corrected chi connectivity index (χ4v) is 3.38. The molecule has 0 aliphatic heterocycles. The smallest absolute Gasteiger partial charge is 0.238 e. The Bertz CT molecular complexity index is 1110. The van der Waals surface area contributed by atoms with Crippen LogP contribution >= 0.6 is 23.2 Å². The van der Waals surface area contributed by atoms with E-state index in [0.717, 1.165) is 5.56 Å². The largest absolute Gasteiger partial charge is 0.497 e. The normalized spacial score (nSPS) is 11.4. The third kappa shape index (κ3) is 6.35. The van der Waals surface area contributed by atoms with Gasteiger partial charge in [-0.25, -0.2) is 4.98 Å². The lowest BCUT2D eigenvalue weighted by Crippen LogP contribution is -2.29. The molecule has 32 heavy (non-hydrogen) atoms. The van der Waals surface area contributed by atoms with Crippen LogP contribution in [-0.4, -0.2) is 23.9 Å². The third-order valence-electron chi connectivity index (χ3n) is 4.43. The van der Waals surface area contributed by atoms with Crippen LogP contribution in [0.15, 0.2) is 60.8 Å². The SMILES string of the molecule is COc1ccc([C@H](CC(=O)Nc2ccccc2Oc2ncc(Cl)cc2Cl)NC(C)=O)cc1. The van der Waals surface area contributed by atoms with Crippen molar-refractivity contribution in [3.05, 3.63) is 76.4 Å². The summed E-state index contributed by atoms with van der Waals surface area (Å²) in [6, 6.07) is 15.0. The van der Waals surface area contributed by atoms with E-state index in [9.17, 15) is 9.59 Å². The van der Waals surface area contributed by atoms with Gasteiger partial charge >= 0.3 is 0 Å². The first-order valence-corrected chi connectivity index (χ1v) is 10.4. The zero-order valence-electron chi connectivity index (χ0n) is 17.4. The van der Waals surface area contributed by atoms with Crippen LogP contribution < -0.4 is 20.1 Å². The summed E-state index contributed by atoms with van der Waals surface area (Å²) in [6.45, 7) is 1.40. The fourth-order valence-electron chi connectivity index (χ4n) is 2.96. The van der Waals surface area contributed by atoms with Gasteiger partial charge in [0.05, 0.1) is 30.3 Å². The molecule has 0 radical (unpaired) electrons. The van der Waals surface area contributed by atoms with Gasteiger partial charge < -0.3 is 20.1 Å². The fraction of sp³-hybridized carbons (Fsp3) is 0.174. The van der Waals surface area contributed by atoms with Crippen molar-refractivity contribution in [1.82, 2.24) is 10.3 Å². The van der Waals surface area contributed by atoms with Crippen molar-refractivity contribution in [3.63, 3.8) is 0 Å². The summed E-state index contributed by atoms with van der Waals surface area (Å²) in [7, 11) is 1.57. The Morgan fingerprint density at radius 3 is 2.47 bits per heavy atom. The second kappa shape index (κ2) is 10.8. The van der Waals surface area contributed by atoms with E-state index in [-0.39, 0.29) is 29.1 Å². The summed E-state index contributed by atoms with van der Waals surface area (Å²) in [5.41, 5.74) is 1.21. The first kappa shape index (κ1) is 23.4. The molecule has 3 aromatic rings. The molecular weight excluding hydrogens is 453 g/mol. The number of rotatable bonds is 8. The van der Waals surface area contributed by atoms with E-state index in [1.165, 1.54) is 19.2 Å². The molecule has 2 aromatic carbocycles. The number of methoxy groups -OCH3 is 1. The number of carbonyl (C=O) groups excluding carboxylic acids is 2. The number of aromatic nitrogens is 1. The molecule has 2 N–H and O–H groups in total. The zero-order chi connectivity index (χ0) is 23.1. The number of pyridine rings is 1. The van der Waals surface area contributed by atoms with Crippen LogP contribution in [0, 0.1) is 0 Å². The van der Waals surface area contributed by atoms with Gasteiger partial charge in [-0.15, -0.1) is 0 Å². The van der Waals surface area contributed by atoms with E-state index in [0.29, 0.717) is 22.2 Å². The molecule has 2 amide bonds. The summed E-state index contributed by atoms with van der Waals surface area (Å²) >= 11 is 12.0. The summed E-state index contributed by atoms with van der Waals surface area (Å²) in [4.78, 5) is 28.6. The molecule has 9 heteroatoms. The first-order chi connectivity index (χ1) is 15.4. The molecule has 1 atom stereocenters. The van der Waals surface area contributed by atoms with E-state index >= 15 is 0 Å². The van der Waals surface area contributed by atoms with Crippen molar-refractivity contribution in [1.29, 1.82) is 0 Å². The molecule has 1 aromatic heterocycles. The van der Waals surface area contributed by atoms with Crippen molar-refractivity contribution < 1.29 is 19.1 Å². The minimum atomic E-state index is -0.515. The Morgan fingerprint density at radius 1 is 1.09 bits per heavy atom. The van der Waals surface area contributed by atoms with Gasteiger partial charge in [0.1, 0.15) is 10.8 Å². The maximum Gasteiger partial charge on any atom is 0.238 e. The highest BCUT2D eigenvalue weighted by molar-refractivity contribution is 6.35. The Labute approximate surface area is 195 Å². The quantitative estimate of drug-likeness (QED) is 0.457. The van der Waals surface area contributed by atoms with Crippen molar-refractivity contribution in [2.24, 2.45) is 0 Å². The zero-order valence-corrected chi connectivity index (χ0v) is 18.9. The van der Waals surface area contributed by atoms with Crippen molar-refractivity contribution in [2.45, 2.75) is 19.4 Å². The molecule has 0 aliphatic carbocycles. The highest BCUT2D eigenvalue weighted by atomic mass is 35.5. The van der Waals surface area contributed by atoms with Crippen LogP contribution in [0.5, 0.6) is 17.4 Å². The molecule has 0 saturated heterocycles. The van der Waals surface area contributed by atoms with Gasteiger partial charge in [0, 0.05) is 13.1 Å². The Morgan fingerprint density at radius 2 is 1.81 bits per heavy atom. The van der Waals surface area contributed by atoms with E-state index < -0.39 is 6.04 Å². The second-order valence-electron chi connectivity index (χ2n) is 6.82. The predicted octanol–water partition coefficient (Wildman–Crippen LogP) is 5.40. The Balaban J connectivity index is 1.75. The summed E-state index contributed by atoms with van der Waals surface area (Å²) < 4.78 is 10.9. The molecule has 3 rings (SSSR count). The minimum absolute atomic E-state index is 0.0141. The molecule has 166 valence electrons. The van der Waals surface area contributed by atoms with Crippen LogP contribution in [0.2, 0.25) is 10.0 Å². The lowest BCUT2D eigenvalue weighted by molar-refractivity contribution is -0.120. The number of hydrogen-bond acceptors (Lipinski definition) is 5. The third-order valence-corrected chi connectivity index (χ3v) is 4.90. The molecule has 0 bridgehead atoms. The number of anilines is 1. The van der Waals surface area contributed by atoms with Crippen LogP contribution in [-0.2, 0) is 9.59 Å². The number of benzene rings is 2. The molecule has 7 nitrogen and oxygen atoms in total. The minimum Gasteiger partial charge on any atom is -0.497 e. The maximum atomic E-state index is 12.8. The molecule has 0 fully saturated rings. The number of ether oxygens (including phenoxy) is 2. The summed E-state index contributed by atoms with van der Waals surface area (Å²) in [5.74, 6) is 0.641. The highest BCUT2D eigenvalue weighted by Crippen LogP contribution is 2.33. The molecular formula is C23H21Cl2N3O4. The number of halogens is 2. The molecule has 0 aliphatic rings. The molecule has 0 unspecified atom stereocenters. The summed E-state index contributed by atoms with van der Waals surface area (Å²) in [6.07, 6.45) is 1.43. The lowest BCUT2D eigenvalue weighted by Gasteiger charge is -2.19. The average Bonchev–Trinajstić information content (AvgIpc) is 2.76. The standard InChI is InChI=1S/C23H21Cl2N3O4/c1-14(29)27-20(15-7-9-17(31-2)10-8-15)12-22(30)28-19-5-3-4-6-21(19)32-23-18(25)11-16(24)13-26-23/h3-11,13,20H,12H2,1-2H3,(H,27,29)(H,28,30)/t20-/m0/s1. The van der Waals surface area contributed by atoms with Crippen LogP contribution in [0.1, 0.15) is 24.9 Å². The second-order valence-corrected chi connectivity index (χ2v) is 7.66. The van der Waals surface area contributed by atoms with Crippen LogP contribution in [0.25, 0.3) is 0 Å². The van der Waals surface area contributed by atoms with Crippen molar-refractivity contribution >= 4 is 40.7 Å². The molecule has 0 spiro atoms. The van der Waals surface area contributed by atoms with Gasteiger partial charge in [0.25, 0.3) is 0 Å². The van der Waals surface area contributed by atoms with Crippen LogP contribution in [0.4, 0.5) is 5.69 Å². The first-order valence-electron chi connectivity index (χ1n) is 9.64.